The van der Waals surface area contributed by atoms with Gasteiger partial charge < -0.3 is 10.2 Å². The number of nitrogens with zero attached hydrogens (tertiary/aromatic N) is 1. The van der Waals surface area contributed by atoms with E-state index in [0.29, 0.717) is 28.3 Å². The SMILES string of the molecule is O=C(Nc1cc(Cl)cc(Cl)c1)[C@@H]1CC(=O)N(C2CCCC2)C1. The van der Waals surface area contributed by atoms with Gasteiger partial charge in [0.25, 0.3) is 0 Å². The fraction of sp³-hybridized carbons (Fsp3) is 0.500. The van der Waals surface area contributed by atoms with E-state index in [9.17, 15) is 9.59 Å². The van der Waals surface area contributed by atoms with Crippen molar-refractivity contribution in [2.24, 2.45) is 5.92 Å². The van der Waals surface area contributed by atoms with Crippen LogP contribution in [0.15, 0.2) is 18.2 Å². The molecule has 118 valence electrons. The molecule has 1 aromatic rings. The highest BCUT2D eigenvalue weighted by molar-refractivity contribution is 6.35. The van der Waals surface area contributed by atoms with Crippen molar-refractivity contribution < 1.29 is 9.59 Å². The number of hydrogen-bond acceptors (Lipinski definition) is 2. The van der Waals surface area contributed by atoms with Crippen LogP contribution in [0.3, 0.4) is 0 Å². The molecule has 4 nitrogen and oxygen atoms in total. The molecule has 0 spiro atoms. The topological polar surface area (TPSA) is 49.4 Å². The monoisotopic (exact) mass is 340 g/mol. The van der Waals surface area contributed by atoms with Crippen LogP contribution >= 0.6 is 23.2 Å². The predicted octanol–water partition coefficient (Wildman–Crippen LogP) is 3.72. The summed E-state index contributed by atoms with van der Waals surface area (Å²) in [7, 11) is 0. The number of nitrogens with one attached hydrogen (secondary N) is 1. The Labute approximate surface area is 139 Å². The molecular formula is C16H18Cl2N2O2. The quantitative estimate of drug-likeness (QED) is 0.911. The van der Waals surface area contributed by atoms with Crippen molar-refractivity contribution in [3.63, 3.8) is 0 Å². The molecule has 6 heteroatoms. The van der Waals surface area contributed by atoms with Gasteiger partial charge >= 0.3 is 0 Å². The molecule has 0 unspecified atom stereocenters. The largest absolute Gasteiger partial charge is 0.339 e. The molecule has 1 saturated heterocycles. The smallest absolute Gasteiger partial charge is 0.229 e. The number of carbonyl (C=O) groups is 2. The second-order valence-electron chi connectivity index (χ2n) is 6.03. The molecule has 1 saturated carbocycles. The highest BCUT2D eigenvalue weighted by Gasteiger charge is 2.38. The third-order valence-corrected chi connectivity index (χ3v) is 4.86. The number of halogens is 2. The van der Waals surface area contributed by atoms with Gasteiger partial charge in [0.1, 0.15) is 0 Å². The first-order valence-corrected chi connectivity index (χ1v) is 8.35. The summed E-state index contributed by atoms with van der Waals surface area (Å²) in [6, 6.07) is 5.24. The maximum absolute atomic E-state index is 12.4. The van der Waals surface area contributed by atoms with Crippen molar-refractivity contribution >= 4 is 40.7 Å². The Morgan fingerprint density at radius 3 is 2.41 bits per heavy atom. The predicted molar refractivity (Wildman–Crippen MR) is 87.2 cm³/mol. The third-order valence-electron chi connectivity index (χ3n) is 4.42. The molecule has 2 fully saturated rings. The zero-order chi connectivity index (χ0) is 15.7. The van der Waals surface area contributed by atoms with Crippen LogP contribution in [-0.2, 0) is 9.59 Å². The van der Waals surface area contributed by atoms with Crippen molar-refractivity contribution in [3.05, 3.63) is 28.2 Å². The van der Waals surface area contributed by atoms with Gasteiger partial charge in [0, 0.05) is 34.7 Å². The van der Waals surface area contributed by atoms with Crippen molar-refractivity contribution in [3.8, 4) is 0 Å². The lowest BCUT2D eigenvalue weighted by Crippen LogP contribution is -2.35. The lowest BCUT2D eigenvalue weighted by molar-refractivity contribution is -0.129. The number of hydrogen-bond donors (Lipinski definition) is 1. The normalized spacial score (nSPS) is 22.4. The fourth-order valence-electron chi connectivity index (χ4n) is 3.35. The molecule has 1 aliphatic carbocycles. The van der Waals surface area contributed by atoms with Crippen LogP contribution in [0.25, 0.3) is 0 Å². The minimum atomic E-state index is -0.300. The molecule has 0 bridgehead atoms. The van der Waals surface area contributed by atoms with Gasteiger partial charge in [0.2, 0.25) is 11.8 Å². The van der Waals surface area contributed by atoms with E-state index >= 15 is 0 Å². The summed E-state index contributed by atoms with van der Waals surface area (Å²) in [6.07, 6.45) is 4.75. The summed E-state index contributed by atoms with van der Waals surface area (Å²) >= 11 is 11.9. The van der Waals surface area contributed by atoms with E-state index in [4.69, 9.17) is 23.2 Å². The van der Waals surface area contributed by atoms with Gasteiger partial charge in [0.05, 0.1) is 5.92 Å². The summed E-state index contributed by atoms with van der Waals surface area (Å²) in [4.78, 5) is 26.4. The van der Waals surface area contributed by atoms with Crippen molar-refractivity contribution in [2.45, 2.75) is 38.1 Å². The summed E-state index contributed by atoms with van der Waals surface area (Å²) in [5.74, 6) is -0.353. The van der Waals surface area contributed by atoms with Crippen LogP contribution in [0.4, 0.5) is 5.69 Å². The summed E-state index contributed by atoms with van der Waals surface area (Å²) in [6.45, 7) is 0.517. The Morgan fingerprint density at radius 1 is 1.14 bits per heavy atom. The minimum Gasteiger partial charge on any atom is -0.339 e. The van der Waals surface area contributed by atoms with Crippen LogP contribution in [-0.4, -0.2) is 29.3 Å². The van der Waals surface area contributed by atoms with E-state index in [1.807, 2.05) is 4.90 Å². The molecule has 1 atom stereocenters. The van der Waals surface area contributed by atoms with Crippen LogP contribution < -0.4 is 5.32 Å². The number of benzene rings is 1. The molecule has 22 heavy (non-hydrogen) atoms. The van der Waals surface area contributed by atoms with Crippen molar-refractivity contribution in [1.82, 2.24) is 4.90 Å². The average Bonchev–Trinajstić information content (AvgIpc) is 3.06. The van der Waals surface area contributed by atoms with Crippen LogP contribution in [0, 0.1) is 5.92 Å². The van der Waals surface area contributed by atoms with E-state index in [1.54, 1.807) is 18.2 Å². The minimum absolute atomic E-state index is 0.0937. The fourth-order valence-corrected chi connectivity index (χ4v) is 3.87. The highest BCUT2D eigenvalue weighted by Crippen LogP contribution is 2.30. The number of anilines is 1. The van der Waals surface area contributed by atoms with Gasteiger partial charge in [-0.05, 0) is 31.0 Å². The molecule has 1 aliphatic heterocycles. The van der Waals surface area contributed by atoms with Crippen molar-refractivity contribution in [2.75, 3.05) is 11.9 Å². The highest BCUT2D eigenvalue weighted by atomic mass is 35.5. The van der Waals surface area contributed by atoms with Crippen LogP contribution in [0.2, 0.25) is 10.0 Å². The maximum Gasteiger partial charge on any atom is 0.229 e. The Bertz CT molecular complexity index is 580. The molecule has 1 N–H and O–H groups in total. The molecule has 0 radical (unpaired) electrons. The number of rotatable bonds is 3. The lowest BCUT2D eigenvalue weighted by atomic mass is 10.1. The zero-order valence-corrected chi connectivity index (χ0v) is 13.7. The first kappa shape index (κ1) is 15.6. The lowest BCUT2D eigenvalue weighted by Gasteiger charge is -2.23. The van der Waals surface area contributed by atoms with Crippen LogP contribution in [0.5, 0.6) is 0 Å². The standard InChI is InChI=1S/C16H18Cl2N2O2/c17-11-6-12(18)8-13(7-11)19-16(22)10-5-15(21)20(9-10)14-3-1-2-4-14/h6-8,10,14H,1-5,9H2,(H,19,22)/t10-/m1/s1. The first-order valence-electron chi connectivity index (χ1n) is 7.59. The van der Waals surface area contributed by atoms with E-state index in [2.05, 4.69) is 5.32 Å². The van der Waals surface area contributed by atoms with E-state index in [1.165, 1.54) is 12.8 Å². The molecule has 2 aliphatic rings. The average molecular weight is 341 g/mol. The van der Waals surface area contributed by atoms with E-state index < -0.39 is 0 Å². The summed E-state index contributed by atoms with van der Waals surface area (Å²) in [5, 5.41) is 3.75. The van der Waals surface area contributed by atoms with Gasteiger partial charge in [-0.25, -0.2) is 0 Å². The molecular weight excluding hydrogens is 323 g/mol. The Hall–Kier alpha value is -1.26. The Kier molecular flexibility index (Phi) is 4.59. The molecule has 1 heterocycles. The molecule has 3 rings (SSSR count). The van der Waals surface area contributed by atoms with Gasteiger partial charge in [-0.15, -0.1) is 0 Å². The van der Waals surface area contributed by atoms with Gasteiger partial charge in [-0.2, -0.15) is 0 Å². The third kappa shape index (κ3) is 3.39. The van der Waals surface area contributed by atoms with E-state index in [0.717, 1.165) is 12.8 Å². The summed E-state index contributed by atoms with van der Waals surface area (Å²) < 4.78 is 0. The Balaban J connectivity index is 1.64. The number of likely N-dealkylation sites (tertiary alicyclic amines) is 1. The van der Waals surface area contributed by atoms with Crippen molar-refractivity contribution in [1.29, 1.82) is 0 Å². The second kappa shape index (κ2) is 6.47. The summed E-state index contributed by atoms with van der Waals surface area (Å²) in [5.41, 5.74) is 0.564. The van der Waals surface area contributed by atoms with E-state index in [-0.39, 0.29) is 24.2 Å². The van der Waals surface area contributed by atoms with Gasteiger partial charge in [-0.1, -0.05) is 36.0 Å². The maximum atomic E-state index is 12.4. The Morgan fingerprint density at radius 2 is 1.77 bits per heavy atom. The molecule has 2 amide bonds. The first-order chi connectivity index (χ1) is 10.5. The van der Waals surface area contributed by atoms with Gasteiger partial charge in [-0.3, -0.25) is 9.59 Å². The molecule has 1 aromatic carbocycles. The second-order valence-corrected chi connectivity index (χ2v) is 6.91. The molecule has 0 aromatic heterocycles. The zero-order valence-electron chi connectivity index (χ0n) is 12.1. The number of amides is 2. The van der Waals surface area contributed by atoms with Crippen LogP contribution in [0.1, 0.15) is 32.1 Å². The van der Waals surface area contributed by atoms with Gasteiger partial charge in [0.15, 0.2) is 0 Å². The number of carbonyl (C=O) groups excluding carboxylic acids is 2.